The van der Waals surface area contributed by atoms with E-state index in [1.54, 1.807) is 0 Å². The maximum atomic E-state index is 5.13. The Balaban J connectivity index is 0.00000177. The summed E-state index contributed by atoms with van der Waals surface area (Å²) >= 11 is 7.81. The molecule has 0 spiro atoms. The molecule has 0 radical (unpaired) electrons. The molecule has 0 saturated carbocycles. The van der Waals surface area contributed by atoms with E-state index in [2.05, 4.69) is 117 Å². The monoisotopic (exact) mass is 644 g/mol. The molecule has 0 aliphatic carbocycles. The van der Waals surface area contributed by atoms with Gasteiger partial charge in [-0.05, 0) is 0 Å². The van der Waals surface area contributed by atoms with Crippen LogP contribution in [0.2, 0.25) is 0 Å². The van der Waals surface area contributed by atoms with E-state index in [-0.39, 0.29) is 7.43 Å². The van der Waals surface area contributed by atoms with E-state index in [9.17, 15) is 0 Å². The summed E-state index contributed by atoms with van der Waals surface area (Å²) in [4.78, 5) is 0. The van der Waals surface area contributed by atoms with Crippen molar-refractivity contribution in [2.75, 3.05) is 11.5 Å². The Morgan fingerprint density at radius 2 is 0.844 bits per heavy atom. The third-order valence-electron chi connectivity index (χ3n) is 5.01. The first-order chi connectivity index (χ1) is 14.6. The Kier molecular flexibility index (Phi) is 15.8. The van der Waals surface area contributed by atoms with Crippen LogP contribution in [0.1, 0.15) is 101 Å². The van der Waals surface area contributed by atoms with Crippen LogP contribution < -0.4 is 0 Å². The molecule has 2 aromatic carbocycles. The molecule has 2 rings (SSSR count). The molecular formula is C27H41N2ReS2-3. The van der Waals surface area contributed by atoms with Gasteiger partial charge in [0.2, 0.25) is 0 Å². The van der Waals surface area contributed by atoms with Crippen LogP contribution in [-0.4, -0.2) is 11.5 Å². The smallest absolute Gasteiger partial charge is 0.199 e. The van der Waals surface area contributed by atoms with Crippen molar-refractivity contribution in [1.82, 2.24) is 0 Å². The Hall–Kier alpha value is -0.598. The summed E-state index contributed by atoms with van der Waals surface area (Å²) < 4.78 is 10.3. The zero-order valence-electron chi connectivity index (χ0n) is 21.3. The van der Waals surface area contributed by atoms with Crippen LogP contribution in [0.5, 0.6) is 0 Å². The van der Waals surface area contributed by atoms with Gasteiger partial charge in [0.05, 0.1) is 0 Å². The molecule has 0 aliphatic heterocycles. The largest absolute Gasteiger partial charge is 0.794 e. The van der Waals surface area contributed by atoms with Crippen LogP contribution in [-0.2, 0) is 42.9 Å². The Bertz CT molecular complexity index is 761. The minimum Gasteiger partial charge on any atom is -0.794 e. The molecule has 5 heteroatoms. The third-order valence-corrected chi connectivity index (χ3v) is 7.44. The first-order valence-corrected chi connectivity index (χ1v) is 14.7. The second-order valence-corrected chi connectivity index (χ2v) is 11.4. The van der Waals surface area contributed by atoms with Crippen molar-refractivity contribution < 1.29 is 17.6 Å². The van der Waals surface area contributed by atoms with Crippen molar-refractivity contribution in [2.45, 2.75) is 79.1 Å². The molecule has 0 N–H and O–H groups in total. The van der Waals surface area contributed by atoms with E-state index in [1.807, 2.05) is 0 Å². The molecule has 0 saturated heterocycles. The maximum absolute atomic E-state index is 5.13. The zero-order valence-corrected chi connectivity index (χ0v) is 25.6. The van der Waals surface area contributed by atoms with Crippen molar-refractivity contribution in [2.24, 2.45) is 7.14 Å². The summed E-state index contributed by atoms with van der Waals surface area (Å²) in [6.45, 7) is 18.0. The summed E-state index contributed by atoms with van der Waals surface area (Å²) in [5, 5.41) is 0. The summed E-state index contributed by atoms with van der Waals surface area (Å²) in [6.07, 6.45) is 0. The zero-order chi connectivity index (χ0) is 23.6. The van der Waals surface area contributed by atoms with E-state index in [4.69, 9.17) is 7.14 Å². The molecule has 0 atom stereocenters. The van der Waals surface area contributed by atoms with Crippen LogP contribution >= 0.6 is 0 Å². The summed E-state index contributed by atoms with van der Waals surface area (Å²) in [5.41, 5.74) is 7.83. The van der Waals surface area contributed by atoms with Gasteiger partial charge >= 0.3 is 174 Å². The van der Waals surface area contributed by atoms with Gasteiger partial charge in [-0.1, -0.05) is 0 Å². The van der Waals surface area contributed by atoms with E-state index >= 15 is 0 Å². The topological polar surface area (TPSA) is 24.7 Å². The van der Waals surface area contributed by atoms with Crippen LogP contribution in [0.15, 0.2) is 43.5 Å². The first-order valence-electron chi connectivity index (χ1n) is 11.1. The maximum Gasteiger partial charge on any atom is -0.199 e. The molecule has 2 aromatic rings. The number of hydrogen-bond donors (Lipinski definition) is 0. The van der Waals surface area contributed by atoms with E-state index < -0.39 is 17.6 Å². The van der Waals surface area contributed by atoms with Crippen molar-refractivity contribution >= 4 is 36.6 Å². The molecule has 0 bridgehead atoms. The summed E-state index contributed by atoms with van der Waals surface area (Å²) in [6, 6.07) is 13.3. The molecule has 0 aromatic heterocycles. The van der Waals surface area contributed by atoms with Crippen LogP contribution in [0.25, 0.3) is 0 Å². The normalized spacial score (nSPS) is 10.7. The fraction of sp³-hybridized carbons (Fsp3) is 0.519. The molecule has 0 amide bonds. The van der Waals surface area contributed by atoms with E-state index in [0.717, 1.165) is 11.5 Å². The molecule has 0 heterocycles. The summed E-state index contributed by atoms with van der Waals surface area (Å²) in [7, 11) is 0. The molecule has 0 aliphatic rings. The van der Waals surface area contributed by atoms with Gasteiger partial charge in [0, 0.05) is 0 Å². The Morgan fingerprint density at radius 1 is 0.594 bits per heavy atom. The van der Waals surface area contributed by atoms with Crippen LogP contribution in [0, 0.1) is 7.43 Å². The number of hydrogen-bond acceptors (Lipinski definition) is 4. The van der Waals surface area contributed by atoms with Crippen LogP contribution in [0.4, 0.5) is 11.4 Å². The van der Waals surface area contributed by atoms with Crippen molar-refractivity contribution in [3.05, 3.63) is 66.1 Å². The van der Waals surface area contributed by atoms with Gasteiger partial charge < -0.3 is 32.7 Å². The quantitative estimate of drug-likeness (QED) is 0.222. The van der Waals surface area contributed by atoms with Gasteiger partial charge in [-0.25, -0.2) is 0 Å². The standard InChI is InChI=1S/2C12H17N.C2H6S2.CH3.Re/c2*1-8(2)10-6-5-7-11(9(3)4)12(10)13;3-1-2-4;;/h2*5-9H,1-4H3;3-4H,1-2H2;1H3;/q;;;-1;/p-2. The van der Waals surface area contributed by atoms with Crippen LogP contribution in [0.3, 0.4) is 0 Å². The molecule has 2 nitrogen and oxygen atoms in total. The average molecular weight is 644 g/mol. The predicted octanol–water partition coefficient (Wildman–Crippen LogP) is 9.12. The minimum absolute atomic E-state index is 0. The molecule has 181 valence electrons. The van der Waals surface area contributed by atoms with Crippen molar-refractivity contribution in [3.8, 4) is 0 Å². The third kappa shape index (κ3) is 9.34. The van der Waals surface area contributed by atoms with Gasteiger partial charge in [-0.3, -0.25) is 0 Å². The Morgan fingerprint density at radius 3 is 1.03 bits per heavy atom. The van der Waals surface area contributed by atoms with E-state index in [0.29, 0.717) is 23.7 Å². The average Bonchev–Trinajstić information content (AvgIpc) is 2.73. The number of benzene rings is 2. The van der Waals surface area contributed by atoms with Gasteiger partial charge in [-0.2, -0.15) is 11.5 Å². The predicted molar refractivity (Wildman–Crippen MR) is 144 cm³/mol. The molecular weight excluding hydrogens is 603 g/mol. The second kappa shape index (κ2) is 16.1. The summed E-state index contributed by atoms with van der Waals surface area (Å²) in [5.74, 6) is 3.35. The van der Waals surface area contributed by atoms with Crippen molar-refractivity contribution in [3.63, 3.8) is 0 Å². The van der Waals surface area contributed by atoms with Gasteiger partial charge in [0.15, 0.2) is 0 Å². The van der Waals surface area contributed by atoms with Gasteiger partial charge in [0.25, 0.3) is 0 Å². The SMILES string of the molecule is CC(C)c1cccc(C(C)C)c1[N]=[Re]=[N]c1c(C(C)C)cccc1C(C)C.[CH3-].[S-]CC[S-]. The van der Waals surface area contributed by atoms with Crippen molar-refractivity contribution in [1.29, 1.82) is 0 Å². The number of nitrogens with zero attached hydrogens (tertiary/aromatic N) is 2. The fourth-order valence-corrected chi connectivity index (χ4v) is 5.39. The molecule has 0 unspecified atom stereocenters. The Labute approximate surface area is 217 Å². The van der Waals surface area contributed by atoms with Gasteiger partial charge in [-0.15, -0.1) is 0 Å². The second-order valence-electron chi connectivity index (χ2n) is 8.84. The number of rotatable bonds is 7. The first kappa shape index (κ1) is 31.4. The molecule has 0 fully saturated rings. The fourth-order valence-electron chi connectivity index (χ4n) is 3.31. The van der Waals surface area contributed by atoms with Gasteiger partial charge in [0.1, 0.15) is 0 Å². The molecule has 32 heavy (non-hydrogen) atoms. The van der Waals surface area contributed by atoms with E-state index in [1.165, 1.54) is 33.6 Å². The minimum atomic E-state index is -1.09.